The van der Waals surface area contributed by atoms with Gasteiger partial charge in [-0.25, -0.2) is 0 Å². The Morgan fingerprint density at radius 2 is 2.17 bits per heavy atom. The first-order valence-electron chi connectivity index (χ1n) is 7.67. The Hall–Kier alpha value is -0.160. The number of fused-ring (bicyclic) bond motifs is 1. The van der Waals surface area contributed by atoms with Gasteiger partial charge in [0.05, 0.1) is 6.61 Å². The molecule has 4 heteroatoms. The standard InChI is InChI=1S/C14H27N3O/c1-2-14-11-16(7-8-17(14)5-1)6-4-15-10-13-3-9-18-12-13/h13-15H,1-12H2. The molecule has 0 amide bonds. The van der Waals surface area contributed by atoms with E-state index in [-0.39, 0.29) is 0 Å². The first-order valence-corrected chi connectivity index (χ1v) is 7.67. The molecule has 104 valence electrons. The van der Waals surface area contributed by atoms with E-state index in [0.717, 1.165) is 38.3 Å². The monoisotopic (exact) mass is 253 g/mol. The molecule has 0 spiro atoms. The van der Waals surface area contributed by atoms with Crippen molar-refractivity contribution in [3.8, 4) is 0 Å². The second kappa shape index (κ2) is 6.33. The molecule has 4 nitrogen and oxygen atoms in total. The number of piperazine rings is 1. The van der Waals surface area contributed by atoms with Crippen LogP contribution in [0.25, 0.3) is 0 Å². The Morgan fingerprint density at radius 1 is 1.17 bits per heavy atom. The zero-order valence-corrected chi connectivity index (χ0v) is 11.4. The molecule has 0 saturated carbocycles. The molecule has 0 aromatic rings. The highest BCUT2D eigenvalue weighted by Gasteiger charge is 2.29. The van der Waals surface area contributed by atoms with Crippen LogP contribution in [0.4, 0.5) is 0 Å². The summed E-state index contributed by atoms with van der Waals surface area (Å²) in [5.41, 5.74) is 0. The number of nitrogens with zero attached hydrogens (tertiary/aromatic N) is 2. The van der Waals surface area contributed by atoms with Gasteiger partial charge in [0.2, 0.25) is 0 Å². The second-order valence-corrected chi connectivity index (χ2v) is 6.07. The lowest BCUT2D eigenvalue weighted by Gasteiger charge is -2.37. The van der Waals surface area contributed by atoms with Crippen LogP contribution in [0.2, 0.25) is 0 Å². The average molecular weight is 253 g/mol. The predicted molar refractivity (Wildman–Crippen MR) is 72.8 cm³/mol. The molecule has 3 saturated heterocycles. The molecule has 3 fully saturated rings. The fourth-order valence-electron chi connectivity index (χ4n) is 3.55. The van der Waals surface area contributed by atoms with Gasteiger partial charge in [-0.15, -0.1) is 0 Å². The third kappa shape index (κ3) is 3.23. The highest BCUT2D eigenvalue weighted by molar-refractivity contribution is 4.86. The minimum atomic E-state index is 0.761. The van der Waals surface area contributed by atoms with E-state index in [9.17, 15) is 0 Å². The Kier molecular flexibility index (Phi) is 4.52. The van der Waals surface area contributed by atoms with Crippen LogP contribution in [0.5, 0.6) is 0 Å². The lowest BCUT2D eigenvalue weighted by Crippen LogP contribution is -2.51. The van der Waals surface area contributed by atoms with E-state index >= 15 is 0 Å². The summed E-state index contributed by atoms with van der Waals surface area (Å²) in [6.07, 6.45) is 4.08. The zero-order chi connectivity index (χ0) is 12.2. The van der Waals surface area contributed by atoms with Gasteiger partial charge < -0.3 is 10.1 Å². The number of nitrogens with one attached hydrogen (secondary N) is 1. The molecule has 0 radical (unpaired) electrons. The number of hydrogen-bond donors (Lipinski definition) is 1. The lowest BCUT2D eigenvalue weighted by atomic mass is 10.1. The second-order valence-electron chi connectivity index (χ2n) is 6.07. The van der Waals surface area contributed by atoms with Gasteiger partial charge in [-0.1, -0.05) is 0 Å². The number of hydrogen-bond acceptors (Lipinski definition) is 4. The predicted octanol–water partition coefficient (Wildman–Crippen LogP) is 0.393. The van der Waals surface area contributed by atoms with Crippen molar-refractivity contribution in [2.24, 2.45) is 5.92 Å². The van der Waals surface area contributed by atoms with Gasteiger partial charge in [0.25, 0.3) is 0 Å². The van der Waals surface area contributed by atoms with Gasteiger partial charge in [-0.3, -0.25) is 9.80 Å². The van der Waals surface area contributed by atoms with E-state index in [4.69, 9.17) is 4.74 Å². The maximum absolute atomic E-state index is 5.40. The molecular weight excluding hydrogens is 226 g/mol. The first-order chi connectivity index (χ1) is 8.92. The molecule has 18 heavy (non-hydrogen) atoms. The van der Waals surface area contributed by atoms with Crippen molar-refractivity contribution in [3.05, 3.63) is 0 Å². The molecular formula is C14H27N3O. The Labute approximate surface area is 111 Å². The van der Waals surface area contributed by atoms with Gasteiger partial charge in [-0.05, 0) is 31.7 Å². The molecule has 0 aliphatic carbocycles. The minimum absolute atomic E-state index is 0.761. The van der Waals surface area contributed by atoms with Gasteiger partial charge in [0.15, 0.2) is 0 Å². The summed E-state index contributed by atoms with van der Waals surface area (Å²) >= 11 is 0. The van der Waals surface area contributed by atoms with Crippen molar-refractivity contribution in [1.82, 2.24) is 15.1 Å². The van der Waals surface area contributed by atoms with Crippen LogP contribution in [0.1, 0.15) is 19.3 Å². The van der Waals surface area contributed by atoms with Crippen LogP contribution in [0.15, 0.2) is 0 Å². The molecule has 3 aliphatic rings. The SMILES string of the molecule is C1CC2CN(CCNCC3CCOC3)CCN2C1. The first kappa shape index (κ1) is 12.9. The maximum Gasteiger partial charge on any atom is 0.0507 e. The van der Waals surface area contributed by atoms with E-state index in [2.05, 4.69) is 15.1 Å². The van der Waals surface area contributed by atoms with Crippen molar-refractivity contribution < 1.29 is 4.74 Å². The van der Waals surface area contributed by atoms with Crippen LogP contribution in [0, 0.1) is 5.92 Å². The Morgan fingerprint density at radius 3 is 3.06 bits per heavy atom. The van der Waals surface area contributed by atoms with Crippen molar-refractivity contribution in [2.45, 2.75) is 25.3 Å². The van der Waals surface area contributed by atoms with Crippen molar-refractivity contribution in [3.63, 3.8) is 0 Å². The van der Waals surface area contributed by atoms with Gasteiger partial charge in [0.1, 0.15) is 0 Å². The fraction of sp³-hybridized carbons (Fsp3) is 1.00. The molecule has 0 bridgehead atoms. The quantitative estimate of drug-likeness (QED) is 0.718. The van der Waals surface area contributed by atoms with Gasteiger partial charge in [-0.2, -0.15) is 0 Å². The van der Waals surface area contributed by atoms with E-state index < -0.39 is 0 Å². The van der Waals surface area contributed by atoms with Gasteiger partial charge in [0, 0.05) is 51.9 Å². The Bertz CT molecular complexity index is 255. The normalized spacial score (nSPS) is 34.0. The Balaban J connectivity index is 1.29. The number of ether oxygens (including phenoxy) is 1. The molecule has 1 N–H and O–H groups in total. The molecule has 2 atom stereocenters. The van der Waals surface area contributed by atoms with Crippen LogP contribution in [0.3, 0.4) is 0 Å². The fourth-order valence-corrected chi connectivity index (χ4v) is 3.55. The van der Waals surface area contributed by atoms with E-state index in [1.807, 2.05) is 0 Å². The summed E-state index contributed by atoms with van der Waals surface area (Å²) in [6.45, 7) is 10.6. The summed E-state index contributed by atoms with van der Waals surface area (Å²) in [5.74, 6) is 0.761. The third-order valence-corrected chi connectivity index (χ3v) is 4.73. The summed E-state index contributed by atoms with van der Waals surface area (Å²) in [7, 11) is 0. The maximum atomic E-state index is 5.40. The van der Waals surface area contributed by atoms with E-state index in [1.54, 1.807) is 0 Å². The van der Waals surface area contributed by atoms with Crippen molar-refractivity contribution in [2.75, 3.05) is 59.0 Å². The lowest BCUT2D eigenvalue weighted by molar-refractivity contribution is 0.105. The molecule has 2 unspecified atom stereocenters. The van der Waals surface area contributed by atoms with Crippen molar-refractivity contribution >= 4 is 0 Å². The van der Waals surface area contributed by atoms with Gasteiger partial charge >= 0.3 is 0 Å². The molecule has 0 aromatic carbocycles. The average Bonchev–Trinajstić information content (AvgIpc) is 3.05. The largest absolute Gasteiger partial charge is 0.381 e. The highest BCUT2D eigenvalue weighted by atomic mass is 16.5. The van der Waals surface area contributed by atoms with Crippen LogP contribution < -0.4 is 5.32 Å². The minimum Gasteiger partial charge on any atom is -0.381 e. The molecule has 3 aliphatic heterocycles. The van der Waals surface area contributed by atoms with Crippen LogP contribution in [-0.2, 0) is 4.74 Å². The molecule has 3 heterocycles. The zero-order valence-electron chi connectivity index (χ0n) is 11.4. The van der Waals surface area contributed by atoms with Crippen molar-refractivity contribution in [1.29, 1.82) is 0 Å². The summed E-state index contributed by atoms with van der Waals surface area (Å²) in [4.78, 5) is 5.32. The summed E-state index contributed by atoms with van der Waals surface area (Å²) in [5, 5.41) is 3.60. The van der Waals surface area contributed by atoms with Crippen LogP contribution >= 0.6 is 0 Å². The summed E-state index contributed by atoms with van der Waals surface area (Å²) < 4.78 is 5.40. The highest BCUT2D eigenvalue weighted by Crippen LogP contribution is 2.21. The molecule has 0 aromatic heterocycles. The number of rotatable bonds is 5. The van der Waals surface area contributed by atoms with E-state index in [0.29, 0.717) is 0 Å². The van der Waals surface area contributed by atoms with Crippen LogP contribution in [-0.4, -0.2) is 74.9 Å². The summed E-state index contributed by atoms with van der Waals surface area (Å²) in [6, 6.07) is 0.863. The molecule has 3 rings (SSSR count). The smallest absolute Gasteiger partial charge is 0.0507 e. The third-order valence-electron chi connectivity index (χ3n) is 4.73. The van der Waals surface area contributed by atoms with E-state index in [1.165, 1.54) is 52.0 Å². The topological polar surface area (TPSA) is 27.7 Å².